The molecule has 11 heteroatoms. The van der Waals surface area contributed by atoms with E-state index in [0.29, 0.717) is 25.1 Å². The van der Waals surface area contributed by atoms with Crippen molar-refractivity contribution in [3.63, 3.8) is 0 Å². The third kappa shape index (κ3) is 4.28. The molecule has 1 aliphatic heterocycles. The molecule has 0 bridgehead atoms. The molecule has 1 saturated heterocycles. The Morgan fingerprint density at radius 3 is 2.35 bits per heavy atom. The minimum absolute atomic E-state index is 0.211. The summed E-state index contributed by atoms with van der Waals surface area (Å²) in [6.45, 7) is 1.23. The van der Waals surface area contributed by atoms with E-state index < -0.39 is 14.9 Å². The van der Waals surface area contributed by atoms with Crippen LogP contribution < -0.4 is 10.2 Å². The third-order valence-corrected chi connectivity index (χ3v) is 8.44. The molecule has 2 heterocycles. The lowest BCUT2D eigenvalue weighted by Gasteiger charge is -2.34. The number of rotatable bonds is 6. The van der Waals surface area contributed by atoms with Gasteiger partial charge in [-0.25, -0.2) is 18.6 Å². The molecule has 0 unspecified atom stereocenters. The van der Waals surface area contributed by atoms with Gasteiger partial charge in [-0.1, -0.05) is 37.1 Å². The van der Waals surface area contributed by atoms with Crippen molar-refractivity contribution in [1.82, 2.24) is 14.3 Å². The van der Waals surface area contributed by atoms with E-state index in [0.717, 1.165) is 29.6 Å². The number of nitrogens with one attached hydrogen (secondary N) is 1. The predicted octanol–water partition coefficient (Wildman–Crippen LogP) is 3.29. The fourth-order valence-corrected chi connectivity index (χ4v) is 6.26. The lowest BCUT2D eigenvalue weighted by Crippen LogP contribution is -2.49. The fraction of sp³-hybridized carbons (Fsp3) is 0.391. The van der Waals surface area contributed by atoms with Crippen molar-refractivity contribution in [3.05, 3.63) is 53.4 Å². The van der Waals surface area contributed by atoms with E-state index in [1.54, 1.807) is 0 Å². The Bertz CT molecular complexity index is 1320. The summed E-state index contributed by atoms with van der Waals surface area (Å²) in [7, 11) is -3.95. The maximum absolute atomic E-state index is 13.2. The van der Waals surface area contributed by atoms with Crippen molar-refractivity contribution in [2.45, 2.75) is 36.6 Å². The summed E-state index contributed by atoms with van der Waals surface area (Å²) >= 11 is 0. The van der Waals surface area contributed by atoms with E-state index in [2.05, 4.69) is 5.32 Å². The van der Waals surface area contributed by atoms with Crippen molar-refractivity contribution < 1.29 is 18.5 Å². The Balaban J connectivity index is 1.37. The zero-order chi connectivity index (χ0) is 23.7. The topological polar surface area (TPSA) is 119 Å². The highest BCUT2D eigenvalue weighted by Crippen LogP contribution is 2.30. The lowest BCUT2D eigenvalue weighted by molar-refractivity contribution is -0.731. The molecule has 0 spiro atoms. The monoisotopic (exact) mass is 483 g/mol. The van der Waals surface area contributed by atoms with E-state index in [1.807, 2.05) is 29.2 Å². The fourth-order valence-electron chi connectivity index (χ4n) is 4.68. The van der Waals surface area contributed by atoms with Gasteiger partial charge in [0.15, 0.2) is 4.90 Å². The Hall–Kier alpha value is -3.31. The van der Waals surface area contributed by atoms with Gasteiger partial charge in [0, 0.05) is 43.7 Å². The Morgan fingerprint density at radius 1 is 0.941 bits per heavy atom. The summed E-state index contributed by atoms with van der Waals surface area (Å²) in [5.74, 6) is 1.38. The molecule has 34 heavy (non-hydrogen) atoms. The molecule has 1 saturated carbocycles. The van der Waals surface area contributed by atoms with Crippen LogP contribution in [0.15, 0.2) is 53.4 Å². The number of nitrogens with zero attached hydrogens (tertiary/aromatic N) is 5. The van der Waals surface area contributed by atoms with Gasteiger partial charge in [0.2, 0.25) is 16.0 Å². The van der Waals surface area contributed by atoms with Crippen molar-refractivity contribution in [2.24, 2.45) is 0 Å². The maximum atomic E-state index is 13.2. The molecule has 0 radical (unpaired) electrons. The molecule has 2 fully saturated rings. The summed E-state index contributed by atoms with van der Waals surface area (Å²) in [6.07, 6.45) is 4.68. The van der Waals surface area contributed by atoms with E-state index in [4.69, 9.17) is 9.97 Å². The molecule has 178 valence electrons. The van der Waals surface area contributed by atoms with Gasteiger partial charge in [-0.3, -0.25) is 0 Å². The number of hydrogen-bond donors (Lipinski definition) is 2. The van der Waals surface area contributed by atoms with Gasteiger partial charge in [0.1, 0.15) is 5.82 Å². The van der Waals surface area contributed by atoms with Crippen LogP contribution >= 0.6 is 0 Å². The minimum atomic E-state index is -3.95. The third-order valence-electron chi connectivity index (χ3n) is 6.50. The van der Waals surface area contributed by atoms with Crippen LogP contribution in [0.1, 0.15) is 25.7 Å². The average molecular weight is 484 g/mol. The predicted molar refractivity (Wildman–Crippen MR) is 128 cm³/mol. The van der Waals surface area contributed by atoms with Crippen molar-refractivity contribution in [3.8, 4) is 0 Å². The number of piperazine rings is 1. The second-order valence-electron chi connectivity index (χ2n) is 8.65. The molecule has 3 aromatic rings. The summed E-state index contributed by atoms with van der Waals surface area (Å²) in [5, 5.41) is 13.9. The van der Waals surface area contributed by atoms with Crippen LogP contribution in [0.3, 0.4) is 0 Å². The molecule has 1 aromatic heterocycles. The minimum Gasteiger partial charge on any atom is -0.367 e. The van der Waals surface area contributed by atoms with Gasteiger partial charge in [-0.05, 0) is 31.0 Å². The van der Waals surface area contributed by atoms with Gasteiger partial charge in [-0.2, -0.15) is 9.29 Å². The number of aromatic nitrogens is 2. The van der Waals surface area contributed by atoms with Crippen LogP contribution in [0.5, 0.6) is 0 Å². The Labute approximate surface area is 197 Å². The van der Waals surface area contributed by atoms with Crippen molar-refractivity contribution in [2.75, 3.05) is 36.4 Å². The van der Waals surface area contributed by atoms with Crippen LogP contribution in [0.2, 0.25) is 0 Å². The molecule has 2 aromatic carbocycles. The van der Waals surface area contributed by atoms with E-state index in [9.17, 15) is 18.5 Å². The van der Waals surface area contributed by atoms with Crippen molar-refractivity contribution in [1.29, 1.82) is 0 Å². The number of para-hydroxylation sites is 2. The van der Waals surface area contributed by atoms with Gasteiger partial charge < -0.3 is 10.2 Å². The number of benzene rings is 2. The molecule has 1 aliphatic carbocycles. The van der Waals surface area contributed by atoms with Gasteiger partial charge >= 0.3 is 5.69 Å². The first-order chi connectivity index (χ1) is 16.4. The summed E-state index contributed by atoms with van der Waals surface area (Å²) in [5.41, 5.74) is 0.542. The zero-order valence-corrected chi connectivity index (χ0v) is 19.5. The molecule has 2 aliphatic rings. The normalized spacial score (nSPS) is 17.8. The van der Waals surface area contributed by atoms with E-state index in [-0.39, 0.29) is 23.7 Å². The first-order valence-corrected chi connectivity index (χ1v) is 12.9. The second-order valence-corrected chi connectivity index (χ2v) is 10.6. The Morgan fingerprint density at radius 2 is 1.62 bits per heavy atom. The summed E-state index contributed by atoms with van der Waals surface area (Å²) < 4.78 is 27.7. The molecule has 5 rings (SSSR count). The number of fused-ring (bicyclic) bond motifs is 1. The maximum Gasteiger partial charge on any atom is 0.336 e. The van der Waals surface area contributed by atoms with Crippen LogP contribution in [0.25, 0.3) is 10.9 Å². The molecule has 0 atom stereocenters. The second kappa shape index (κ2) is 9.15. The molecular formula is C23H27N6O4S+. The van der Waals surface area contributed by atoms with Gasteiger partial charge in [0.05, 0.1) is 10.4 Å². The van der Waals surface area contributed by atoms with E-state index in [1.165, 1.54) is 41.4 Å². The molecule has 10 nitrogen and oxygen atoms in total. The van der Waals surface area contributed by atoms with Gasteiger partial charge in [0.25, 0.3) is 4.92 Å². The van der Waals surface area contributed by atoms with Crippen LogP contribution in [-0.4, -0.2) is 65.0 Å². The Kier molecular flexibility index (Phi) is 6.05. The first kappa shape index (κ1) is 22.5. The lowest BCUT2D eigenvalue weighted by atomic mass is 10.2. The number of sulfonamides is 1. The number of hydrogen-bond acceptors (Lipinski definition) is 7. The molecular weight excluding hydrogens is 456 g/mol. The standard InChI is InChI=1S/C23H27N6O4S/c30-29(31)20-11-5-6-12-21(20)34(32,33)28-15-13-27(14-16-28)23-25-19-10-4-3-9-18(19)22(26-23)24-17-7-1-2-8-17/h3-6,9-12,17H,1-2,7-8,13-16H2,(H,30,31)(H,24,25,26)/q+1. The van der Waals surface area contributed by atoms with Crippen LogP contribution in [-0.2, 0) is 10.0 Å². The average Bonchev–Trinajstić information content (AvgIpc) is 3.37. The SMILES string of the molecule is O=[N+](O)c1ccccc1S(=O)(=O)N1CCN(c2nc(NC3CCCC3)c3ccccc3n2)CC1. The van der Waals surface area contributed by atoms with Crippen molar-refractivity contribution >= 4 is 38.4 Å². The number of anilines is 2. The van der Waals surface area contributed by atoms with Crippen LogP contribution in [0.4, 0.5) is 17.5 Å². The highest BCUT2D eigenvalue weighted by Gasteiger charge is 2.35. The van der Waals surface area contributed by atoms with Crippen LogP contribution in [0, 0.1) is 4.91 Å². The quantitative estimate of drug-likeness (QED) is 0.513. The molecule has 2 N–H and O–H groups in total. The highest BCUT2D eigenvalue weighted by atomic mass is 32.2. The van der Waals surface area contributed by atoms with E-state index >= 15 is 0 Å². The summed E-state index contributed by atoms with van der Waals surface area (Å²) in [6, 6.07) is 13.9. The highest BCUT2D eigenvalue weighted by molar-refractivity contribution is 7.89. The first-order valence-electron chi connectivity index (χ1n) is 11.5. The van der Waals surface area contributed by atoms with Gasteiger partial charge in [-0.15, -0.1) is 0 Å². The summed E-state index contributed by atoms with van der Waals surface area (Å²) in [4.78, 5) is 22.4. The molecule has 0 amide bonds. The zero-order valence-electron chi connectivity index (χ0n) is 18.7. The smallest absolute Gasteiger partial charge is 0.336 e. The largest absolute Gasteiger partial charge is 0.367 e.